The Morgan fingerprint density at radius 1 is 1.18 bits per heavy atom. The van der Waals surface area contributed by atoms with Crippen molar-refractivity contribution in [3.63, 3.8) is 0 Å². The van der Waals surface area contributed by atoms with Gasteiger partial charge in [0.25, 0.3) is 0 Å². The van der Waals surface area contributed by atoms with E-state index < -0.39 is 18.1 Å². The molecule has 2 atom stereocenters. The zero-order valence-corrected chi connectivity index (χ0v) is 9.17. The van der Waals surface area contributed by atoms with E-state index in [0.717, 1.165) is 10.8 Å². The van der Waals surface area contributed by atoms with Crippen LogP contribution >= 0.6 is 0 Å². The molecule has 2 aromatic carbocycles. The normalized spacial score (nSPS) is 14.5. The molecule has 0 heterocycles. The summed E-state index contributed by atoms with van der Waals surface area (Å²) in [5.74, 6) is -1.50. The van der Waals surface area contributed by atoms with E-state index in [9.17, 15) is 15.0 Å². The molecule has 0 aliphatic heterocycles. The van der Waals surface area contributed by atoms with E-state index in [0.29, 0.717) is 5.56 Å². The van der Waals surface area contributed by atoms with E-state index in [1.165, 1.54) is 0 Å². The largest absolute Gasteiger partial charge is 0.547 e. The van der Waals surface area contributed by atoms with E-state index in [2.05, 4.69) is 5.73 Å². The molecule has 0 aliphatic carbocycles. The molecule has 17 heavy (non-hydrogen) atoms. The minimum atomic E-state index is -1.60. The molecular weight excluding hydrogens is 218 g/mol. The van der Waals surface area contributed by atoms with Gasteiger partial charge in [-0.3, -0.25) is 0 Å². The molecule has 0 spiro atoms. The molecule has 4 heteroatoms. The summed E-state index contributed by atoms with van der Waals surface area (Å²) in [4.78, 5) is 10.6. The lowest BCUT2D eigenvalue weighted by Gasteiger charge is -2.18. The molecule has 4 nitrogen and oxygen atoms in total. The number of hydrogen-bond donors (Lipinski definition) is 2. The molecule has 0 unspecified atom stereocenters. The lowest BCUT2D eigenvalue weighted by Crippen LogP contribution is -2.62. The van der Waals surface area contributed by atoms with Gasteiger partial charge in [0.15, 0.2) is 0 Å². The molecular formula is C13H13NO3. The number of aliphatic carboxylic acids is 1. The number of rotatable bonds is 3. The van der Waals surface area contributed by atoms with Gasteiger partial charge in [0.05, 0.1) is 5.97 Å². The first-order chi connectivity index (χ1) is 8.11. The Kier molecular flexibility index (Phi) is 3.08. The van der Waals surface area contributed by atoms with Gasteiger partial charge in [0.1, 0.15) is 12.1 Å². The molecule has 0 saturated heterocycles. The highest BCUT2D eigenvalue weighted by Gasteiger charge is 2.22. The van der Waals surface area contributed by atoms with Crippen LogP contribution in [0.4, 0.5) is 0 Å². The van der Waals surface area contributed by atoms with Crippen LogP contribution in [0.15, 0.2) is 42.5 Å². The van der Waals surface area contributed by atoms with Crippen molar-refractivity contribution in [3.8, 4) is 0 Å². The lowest BCUT2D eigenvalue weighted by molar-refractivity contribution is -0.447. The maximum absolute atomic E-state index is 10.6. The Bertz CT molecular complexity index is 548. The number of aliphatic hydroxyl groups is 1. The second kappa shape index (κ2) is 4.53. The summed E-state index contributed by atoms with van der Waals surface area (Å²) in [5, 5.41) is 22.0. The minimum absolute atomic E-state index is 0.708. The first-order valence-electron chi connectivity index (χ1n) is 5.31. The summed E-state index contributed by atoms with van der Waals surface area (Å²) < 4.78 is 0. The lowest BCUT2D eigenvalue weighted by atomic mass is 9.96. The minimum Gasteiger partial charge on any atom is -0.547 e. The molecule has 0 fully saturated rings. The number of fused-ring (bicyclic) bond motifs is 1. The van der Waals surface area contributed by atoms with Crippen molar-refractivity contribution in [2.24, 2.45) is 0 Å². The predicted molar refractivity (Wildman–Crippen MR) is 60.6 cm³/mol. The summed E-state index contributed by atoms with van der Waals surface area (Å²) in [7, 11) is 0. The summed E-state index contributed by atoms with van der Waals surface area (Å²) in [5.41, 5.74) is 4.42. The summed E-state index contributed by atoms with van der Waals surface area (Å²) >= 11 is 0. The van der Waals surface area contributed by atoms with Gasteiger partial charge in [0.2, 0.25) is 0 Å². The summed E-state index contributed by atoms with van der Waals surface area (Å²) in [6, 6.07) is 12.3. The number of benzene rings is 2. The van der Waals surface area contributed by atoms with Gasteiger partial charge in [-0.25, -0.2) is 0 Å². The van der Waals surface area contributed by atoms with Crippen molar-refractivity contribution in [2.45, 2.75) is 12.1 Å². The number of carboxylic acid groups (broad SMARTS) is 1. The van der Waals surface area contributed by atoms with Gasteiger partial charge in [-0.2, -0.15) is 0 Å². The van der Waals surface area contributed by atoms with Gasteiger partial charge in [-0.1, -0.05) is 42.5 Å². The molecule has 0 radical (unpaired) electrons. The average Bonchev–Trinajstić information content (AvgIpc) is 2.36. The third kappa shape index (κ3) is 2.13. The standard InChI is InChI=1S/C13H13NO3/c14-11(12(15)13(16)17)10-7-3-5-8-4-1-2-6-9(8)10/h1-7,11-12,15H,14H2,(H,16,17)/t11-,12-/m0/s1. The first-order valence-corrected chi connectivity index (χ1v) is 5.31. The van der Waals surface area contributed by atoms with Gasteiger partial charge in [-0.15, -0.1) is 0 Å². The SMILES string of the molecule is [NH3+][C@@H](c1cccc2ccccc12)[C@H](O)C(=O)[O-]. The van der Waals surface area contributed by atoms with Gasteiger partial charge in [-0.05, 0) is 10.8 Å². The Morgan fingerprint density at radius 3 is 2.53 bits per heavy atom. The van der Waals surface area contributed by atoms with Crippen molar-refractivity contribution in [2.75, 3.05) is 0 Å². The van der Waals surface area contributed by atoms with Crippen molar-refractivity contribution in [3.05, 3.63) is 48.0 Å². The van der Waals surface area contributed by atoms with Crippen molar-refractivity contribution >= 4 is 16.7 Å². The van der Waals surface area contributed by atoms with Crippen LogP contribution in [-0.4, -0.2) is 17.2 Å². The molecule has 0 aliphatic rings. The average molecular weight is 231 g/mol. The number of aliphatic hydroxyl groups excluding tert-OH is 1. The van der Waals surface area contributed by atoms with Crippen LogP contribution in [0.2, 0.25) is 0 Å². The summed E-state index contributed by atoms with van der Waals surface area (Å²) in [6.07, 6.45) is -1.60. The number of carbonyl (C=O) groups is 1. The number of carboxylic acids is 1. The molecule has 0 saturated carbocycles. The van der Waals surface area contributed by atoms with Crippen molar-refractivity contribution in [1.29, 1.82) is 0 Å². The maximum Gasteiger partial charge on any atom is 0.149 e. The fraction of sp³-hybridized carbons (Fsp3) is 0.154. The Balaban J connectivity index is 2.52. The number of carbonyl (C=O) groups excluding carboxylic acids is 1. The highest BCUT2D eigenvalue weighted by molar-refractivity contribution is 5.86. The van der Waals surface area contributed by atoms with Crippen LogP contribution in [0, 0.1) is 0 Å². The molecule has 4 N–H and O–H groups in total. The summed E-state index contributed by atoms with van der Waals surface area (Å²) in [6.45, 7) is 0. The molecule has 88 valence electrons. The van der Waals surface area contributed by atoms with E-state index >= 15 is 0 Å². The van der Waals surface area contributed by atoms with Crippen molar-refractivity contribution < 1.29 is 20.7 Å². The van der Waals surface area contributed by atoms with Crippen LogP contribution in [-0.2, 0) is 4.79 Å². The maximum atomic E-state index is 10.6. The highest BCUT2D eigenvalue weighted by atomic mass is 16.4. The zero-order chi connectivity index (χ0) is 12.4. The topological polar surface area (TPSA) is 88.0 Å². The molecule has 0 aromatic heterocycles. The second-order valence-corrected chi connectivity index (χ2v) is 3.94. The Labute approximate surface area is 98.3 Å². The van der Waals surface area contributed by atoms with Crippen LogP contribution in [0.1, 0.15) is 11.6 Å². The zero-order valence-electron chi connectivity index (χ0n) is 9.17. The van der Waals surface area contributed by atoms with Gasteiger partial charge in [0, 0.05) is 5.56 Å². The Morgan fingerprint density at radius 2 is 1.82 bits per heavy atom. The van der Waals surface area contributed by atoms with Gasteiger partial charge >= 0.3 is 0 Å². The van der Waals surface area contributed by atoms with E-state index in [1.54, 1.807) is 6.07 Å². The van der Waals surface area contributed by atoms with Gasteiger partial charge < -0.3 is 20.7 Å². The fourth-order valence-electron chi connectivity index (χ4n) is 1.91. The number of quaternary nitrogens is 1. The highest BCUT2D eigenvalue weighted by Crippen LogP contribution is 2.23. The van der Waals surface area contributed by atoms with Crippen molar-refractivity contribution in [1.82, 2.24) is 0 Å². The van der Waals surface area contributed by atoms with Crippen LogP contribution in [0.5, 0.6) is 0 Å². The third-order valence-corrected chi connectivity index (χ3v) is 2.85. The second-order valence-electron chi connectivity index (χ2n) is 3.94. The molecule has 2 aromatic rings. The van der Waals surface area contributed by atoms with E-state index in [-0.39, 0.29) is 0 Å². The smallest absolute Gasteiger partial charge is 0.149 e. The number of hydrogen-bond acceptors (Lipinski definition) is 3. The molecule has 0 bridgehead atoms. The predicted octanol–water partition coefficient (Wildman–Crippen LogP) is -0.766. The molecule has 2 rings (SSSR count). The molecule has 0 amide bonds. The van der Waals surface area contributed by atoms with Crippen LogP contribution in [0.25, 0.3) is 10.8 Å². The van der Waals surface area contributed by atoms with Crippen LogP contribution in [0.3, 0.4) is 0 Å². The van der Waals surface area contributed by atoms with E-state index in [1.807, 2.05) is 36.4 Å². The fourth-order valence-corrected chi connectivity index (χ4v) is 1.91. The first kappa shape index (κ1) is 11.6. The van der Waals surface area contributed by atoms with E-state index in [4.69, 9.17) is 0 Å². The quantitative estimate of drug-likeness (QED) is 0.727. The Hall–Kier alpha value is -1.91. The third-order valence-electron chi connectivity index (χ3n) is 2.85. The monoisotopic (exact) mass is 231 g/mol. The van der Waals surface area contributed by atoms with Crippen LogP contribution < -0.4 is 10.8 Å².